The summed E-state index contributed by atoms with van der Waals surface area (Å²) in [7, 11) is 1.79. The number of halogens is 2. The Hall–Kier alpha value is -0.610. The van der Waals surface area contributed by atoms with Crippen LogP contribution in [0.4, 0.5) is 4.39 Å². The van der Waals surface area contributed by atoms with Crippen LogP contribution < -0.4 is 5.73 Å². The number of rotatable bonds is 4. The lowest BCUT2D eigenvalue weighted by Crippen LogP contribution is -2.47. The number of aromatic nitrogens is 2. The van der Waals surface area contributed by atoms with E-state index in [1.54, 1.807) is 11.7 Å². The Labute approximate surface area is 113 Å². The smallest absolute Gasteiger partial charge is 0.133 e. The standard InChI is InChI=1S/C13H23ClFN3/c1-6-9-11(14)10(18(5)17-9)7-13(15,8-16)12(2,3)4/h6-8,16H2,1-5H3. The molecule has 0 saturated carbocycles. The van der Waals surface area contributed by atoms with Gasteiger partial charge in [-0.15, -0.1) is 0 Å². The second-order valence-electron chi connectivity index (χ2n) is 5.78. The molecule has 1 aromatic heterocycles. The van der Waals surface area contributed by atoms with Crippen molar-refractivity contribution >= 4 is 11.6 Å². The molecule has 0 spiro atoms. The van der Waals surface area contributed by atoms with Crippen LogP contribution in [0.1, 0.15) is 39.1 Å². The Morgan fingerprint density at radius 2 is 1.94 bits per heavy atom. The van der Waals surface area contributed by atoms with Crippen LogP contribution in [0.5, 0.6) is 0 Å². The van der Waals surface area contributed by atoms with Crippen molar-refractivity contribution in [1.29, 1.82) is 0 Å². The third-order valence-electron chi connectivity index (χ3n) is 3.62. The zero-order valence-corrected chi connectivity index (χ0v) is 12.6. The van der Waals surface area contributed by atoms with Gasteiger partial charge in [-0.2, -0.15) is 5.10 Å². The Bertz CT molecular complexity index is 423. The second kappa shape index (κ2) is 5.17. The first kappa shape index (κ1) is 15.4. The number of aryl methyl sites for hydroxylation is 2. The summed E-state index contributed by atoms with van der Waals surface area (Å²) < 4.78 is 16.6. The summed E-state index contributed by atoms with van der Waals surface area (Å²) in [6, 6.07) is 0. The lowest BCUT2D eigenvalue weighted by atomic mass is 9.75. The summed E-state index contributed by atoms with van der Waals surface area (Å²) in [6.45, 7) is 7.51. The topological polar surface area (TPSA) is 43.8 Å². The van der Waals surface area contributed by atoms with Crippen LogP contribution in [-0.2, 0) is 19.9 Å². The zero-order valence-electron chi connectivity index (χ0n) is 11.8. The molecule has 0 bridgehead atoms. The average molecular weight is 276 g/mol. The predicted molar refractivity (Wildman–Crippen MR) is 73.6 cm³/mol. The van der Waals surface area contributed by atoms with E-state index in [2.05, 4.69) is 5.10 Å². The van der Waals surface area contributed by atoms with Gasteiger partial charge in [0.1, 0.15) is 5.67 Å². The van der Waals surface area contributed by atoms with Crippen molar-refractivity contribution < 1.29 is 4.39 Å². The molecule has 2 N–H and O–H groups in total. The van der Waals surface area contributed by atoms with Gasteiger partial charge in [-0.1, -0.05) is 39.3 Å². The van der Waals surface area contributed by atoms with Crippen LogP contribution in [0.2, 0.25) is 5.02 Å². The third kappa shape index (κ3) is 2.69. The maximum absolute atomic E-state index is 15.0. The fourth-order valence-corrected chi connectivity index (χ4v) is 2.28. The van der Waals surface area contributed by atoms with Crippen molar-refractivity contribution in [2.24, 2.45) is 18.2 Å². The van der Waals surface area contributed by atoms with Crippen LogP contribution in [0.25, 0.3) is 0 Å². The quantitative estimate of drug-likeness (QED) is 0.918. The van der Waals surface area contributed by atoms with Gasteiger partial charge >= 0.3 is 0 Å². The monoisotopic (exact) mass is 275 g/mol. The molecule has 18 heavy (non-hydrogen) atoms. The van der Waals surface area contributed by atoms with E-state index in [1.807, 2.05) is 27.7 Å². The molecule has 1 unspecified atom stereocenters. The molecule has 0 aromatic carbocycles. The molecule has 1 atom stereocenters. The number of nitrogens with zero attached hydrogens (tertiary/aromatic N) is 2. The van der Waals surface area contributed by atoms with Gasteiger partial charge in [-0.05, 0) is 11.8 Å². The van der Waals surface area contributed by atoms with E-state index in [0.29, 0.717) is 5.02 Å². The molecule has 1 rings (SSSR count). The van der Waals surface area contributed by atoms with Crippen molar-refractivity contribution in [2.45, 2.75) is 46.2 Å². The SMILES string of the molecule is CCc1nn(C)c(CC(F)(CN)C(C)(C)C)c1Cl. The van der Waals surface area contributed by atoms with E-state index in [-0.39, 0.29) is 13.0 Å². The molecule has 3 nitrogen and oxygen atoms in total. The molecule has 0 amide bonds. The lowest BCUT2D eigenvalue weighted by Gasteiger charge is -2.37. The summed E-state index contributed by atoms with van der Waals surface area (Å²) in [5.41, 5.74) is 5.13. The molecule has 0 aliphatic carbocycles. The van der Waals surface area contributed by atoms with E-state index in [4.69, 9.17) is 17.3 Å². The Morgan fingerprint density at radius 1 is 1.39 bits per heavy atom. The number of nitrogens with two attached hydrogens (primary N) is 1. The molecule has 0 aliphatic heterocycles. The van der Waals surface area contributed by atoms with Gasteiger partial charge in [0, 0.05) is 20.0 Å². The third-order valence-corrected chi connectivity index (χ3v) is 4.05. The first-order valence-electron chi connectivity index (χ1n) is 6.25. The van der Waals surface area contributed by atoms with E-state index in [0.717, 1.165) is 17.8 Å². The Balaban J connectivity index is 3.14. The second-order valence-corrected chi connectivity index (χ2v) is 6.16. The first-order chi connectivity index (χ1) is 8.16. The highest BCUT2D eigenvalue weighted by Crippen LogP contribution is 2.38. The summed E-state index contributed by atoms with van der Waals surface area (Å²) in [5, 5.41) is 4.88. The maximum Gasteiger partial charge on any atom is 0.133 e. The molecular formula is C13H23ClFN3. The summed E-state index contributed by atoms with van der Waals surface area (Å²) in [5.74, 6) is 0. The molecule has 0 fully saturated rings. The van der Waals surface area contributed by atoms with Crippen molar-refractivity contribution in [3.8, 4) is 0 Å². The van der Waals surface area contributed by atoms with Crippen LogP contribution in [0.3, 0.4) is 0 Å². The van der Waals surface area contributed by atoms with E-state index >= 15 is 0 Å². The Kier molecular flexibility index (Phi) is 4.44. The Morgan fingerprint density at radius 3 is 2.28 bits per heavy atom. The van der Waals surface area contributed by atoms with E-state index in [9.17, 15) is 4.39 Å². The summed E-state index contributed by atoms with van der Waals surface area (Å²) >= 11 is 6.25. The van der Waals surface area contributed by atoms with Crippen LogP contribution in [-0.4, -0.2) is 22.0 Å². The molecule has 1 aromatic rings. The maximum atomic E-state index is 15.0. The molecule has 1 heterocycles. The van der Waals surface area contributed by atoms with E-state index in [1.165, 1.54) is 0 Å². The number of alkyl halides is 1. The molecule has 0 radical (unpaired) electrons. The first-order valence-corrected chi connectivity index (χ1v) is 6.63. The van der Waals surface area contributed by atoms with Crippen molar-refractivity contribution in [1.82, 2.24) is 9.78 Å². The highest BCUT2D eigenvalue weighted by Gasteiger charge is 2.42. The van der Waals surface area contributed by atoms with Gasteiger partial charge in [0.2, 0.25) is 0 Å². The molecular weight excluding hydrogens is 253 g/mol. The minimum absolute atomic E-state index is 0.0283. The molecule has 5 heteroatoms. The van der Waals surface area contributed by atoms with Crippen molar-refractivity contribution in [2.75, 3.05) is 6.54 Å². The minimum Gasteiger partial charge on any atom is -0.327 e. The molecule has 0 saturated heterocycles. The lowest BCUT2D eigenvalue weighted by molar-refractivity contribution is 0.0365. The van der Waals surface area contributed by atoms with Gasteiger partial charge < -0.3 is 5.73 Å². The van der Waals surface area contributed by atoms with Gasteiger partial charge in [-0.25, -0.2) is 4.39 Å². The number of hydrogen-bond acceptors (Lipinski definition) is 2. The normalized spacial score (nSPS) is 15.8. The highest BCUT2D eigenvalue weighted by atomic mass is 35.5. The van der Waals surface area contributed by atoms with Gasteiger partial charge in [0.25, 0.3) is 0 Å². The fraction of sp³-hybridized carbons (Fsp3) is 0.769. The van der Waals surface area contributed by atoms with Crippen LogP contribution in [0.15, 0.2) is 0 Å². The van der Waals surface area contributed by atoms with Gasteiger partial charge in [-0.3, -0.25) is 4.68 Å². The largest absolute Gasteiger partial charge is 0.327 e. The van der Waals surface area contributed by atoms with Crippen LogP contribution in [0, 0.1) is 5.41 Å². The number of hydrogen-bond donors (Lipinski definition) is 1. The van der Waals surface area contributed by atoms with Crippen LogP contribution >= 0.6 is 11.6 Å². The zero-order chi connectivity index (χ0) is 14.1. The highest BCUT2D eigenvalue weighted by molar-refractivity contribution is 6.31. The van der Waals surface area contributed by atoms with E-state index < -0.39 is 11.1 Å². The fourth-order valence-electron chi connectivity index (χ4n) is 1.92. The van der Waals surface area contributed by atoms with Crippen molar-refractivity contribution in [3.05, 3.63) is 16.4 Å². The van der Waals surface area contributed by atoms with Gasteiger partial charge in [0.15, 0.2) is 0 Å². The summed E-state index contributed by atoms with van der Waals surface area (Å²) in [6.07, 6.45) is 0.930. The summed E-state index contributed by atoms with van der Waals surface area (Å²) in [4.78, 5) is 0. The average Bonchev–Trinajstić information content (AvgIpc) is 2.54. The minimum atomic E-state index is -1.49. The molecule has 0 aliphatic rings. The molecule has 104 valence electrons. The predicted octanol–water partition coefficient (Wildman–Crippen LogP) is 2.89. The van der Waals surface area contributed by atoms with Crippen molar-refractivity contribution in [3.63, 3.8) is 0 Å². The van der Waals surface area contributed by atoms with Gasteiger partial charge in [0.05, 0.1) is 16.4 Å².